The molecule has 1 atom stereocenters. The van der Waals surface area contributed by atoms with E-state index >= 15 is 0 Å². The first kappa shape index (κ1) is 25.3. The Kier molecular flexibility index (Phi) is 152. The number of hydrogen-bond donors (Lipinski definition) is 0. The molecule has 0 saturated heterocycles. The molecule has 5 heteroatoms. The first-order valence-electron chi connectivity index (χ1n) is 0.289. The van der Waals surface area contributed by atoms with Gasteiger partial charge in [0.1, 0.15) is 0 Å². The third-order valence-electron chi connectivity index (χ3n) is 0. The molecule has 0 amide bonds. The van der Waals surface area contributed by atoms with Crippen molar-refractivity contribution in [1.29, 1.82) is 0 Å². The molecule has 0 rings (SSSR count). The Labute approximate surface area is 85.8 Å². The van der Waals surface area contributed by atoms with E-state index in [1.807, 2.05) is 0 Å². The SMILES string of the molecule is P.[La].[O]=[AlH].[Ti]. The molecule has 1 nitrogen and oxygen atoms in total. The van der Waals surface area contributed by atoms with Crippen molar-refractivity contribution in [3.63, 3.8) is 0 Å². The molecule has 0 aliphatic carbocycles. The Bertz CT molecular complexity index is 11.6. The van der Waals surface area contributed by atoms with Crippen LogP contribution in [0.1, 0.15) is 0 Å². The summed E-state index contributed by atoms with van der Waals surface area (Å²) in [7, 11) is 0. The van der Waals surface area contributed by atoms with Crippen molar-refractivity contribution < 1.29 is 61.1 Å². The number of rotatable bonds is 0. The average molecular weight is 265 g/mol. The summed E-state index contributed by atoms with van der Waals surface area (Å²) >= 11 is 0.611. The maximum Gasteiger partial charge on any atom is 0 e. The smallest absolute Gasteiger partial charge is 0 e. The minimum Gasteiger partial charge on any atom is 0 e. The van der Waals surface area contributed by atoms with Crippen LogP contribution in [0.25, 0.3) is 0 Å². The molecule has 25 valence electrons. The molecule has 0 spiro atoms. The van der Waals surface area contributed by atoms with Crippen LogP contribution in [0.3, 0.4) is 0 Å². The van der Waals surface area contributed by atoms with Gasteiger partial charge in [0, 0.05) is 57.3 Å². The molecule has 0 aromatic heterocycles. The Morgan fingerprint density at radius 2 is 1.20 bits per heavy atom. The summed E-state index contributed by atoms with van der Waals surface area (Å²) in [4.78, 5) is 0. The summed E-state index contributed by atoms with van der Waals surface area (Å²) < 4.78 is 8.28. The second kappa shape index (κ2) is 30.1. The standard InChI is InChI=1S/Al.La.O.H3P.Ti.H/h;;;1H3;;. The summed E-state index contributed by atoms with van der Waals surface area (Å²) in [5.41, 5.74) is 0. The summed E-state index contributed by atoms with van der Waals surface area (Å²) in [5.74, 6) is 0. The topological polar surface area (TPSA) is 17.1 Å². The molecule has 0 aliphatic rings. The molecule has 0 N–H and O–H groups in total. The summed E-state index contributed by atoms with van der Waals surface area (Å²) in [5, 5.41) is 0. The van der Waals surface area contributed by atoms with E-state index < -0.39 is 0 Å². The van der Waals surface area contributed by atoms with Gasteiger partial charge in [-0.3, -0.25) is 0 Å². The van der Waals surface area contributed by atoms with Crippen molar-refractivity contribution in [2.75, 3.05) is 0 Å². The molecule has 1 unspecified atom stereocenters. The fraction of sp³-hybridized carbons (Fsp3) is 0. The van der Waals surface area contributed by atoms with Gasteiger partial charge in [0.2, 0.25) is 0 Å². The second-order valence-corrected chi connectivity index (χ2v) is 0. The Morgan fingerprint density at radius 1 is 1.20 bits per heavy atom. The van der Waals surface area contributed by atoms with E-state index in [9.17, 15) is 0 Å². The fourth-order valence-corrected chi connectivity index (χ4v) is 0. The van der Waals surface area contributed by atoms with E-state index in [4.69, 9.17) is 3.80 Å². The average Bonchev–Trinajstić information content (AvgIpc) is 1.00. The van der Waals surface area contributed by atoms with Crippen LogP contribution in [-0.4, -0.2) is 16.2 Å². The summed E-state index contributed by atoms with van der Waals surface area (Å²) in [6.45, 7) is 0. The van der Waals surface area contributed by atoms with Crippen molar-refractivity contribution in [2.24, 2.45) is 0 Å². The summed E-state index contributed by atoms with van der Waals surface area (Å²) in [6.07, 6.45) is 0. The van der Waals surface area contributed by atoms with E-state index in [2.05, 4.69) is 0 Å². The Hall–Kier alpha value is 2.67. The van der Waals surface area contributed by atoms with Crippen molar-refractivity contribution in [3.8, 4) is 0 Å². The zero-order valence-corrected chi connectivity index (χ0v) is 10.9. The monoisotopic (exact) mass is 265 g/mol. The molecule has 5 heavy (non-hydrogen) atoms. The Morgan fingerprint density at radius 3 is 1.20 bits per heavy atom. The quantitative estimate of drug-likeness (QED) is 0.417. The molecule has 0 bridgehead atoms. The van der Waals surface area contributed by atoms with E-state index in [-0.39, 0.29) is 67.2 Å². The number of hydrogen-bond acceptors (Lipinski definition) is 1. The van der Waals surface area contributed by atoms with Gasteiger partial charge < -0.3 is 0 Å². The van der Waals surface area contributed by atoms with Crippen LogP contribution >= 0.6 is 9.90 Å². The summed E-state index contributed by atoms with van der Waals surface area (Å²) in [6, 6.07) is 0. The van der Waals surface area contributed by atoms with Gasteiger partial charge >= 0.3 is 20.0 Å². The van der Waals surface area contributed by atoms with Gasteiger partial charge in [-0.05, 0) is 0 Å². The molecular formula is H4AlLaOPTi. The van der Waals surface area contributed by atoms with Crippen LogP contribution in [0.2, 0.25) is 0 Å². The van der Waals surface area contributed by atoms with Gasteiger partial charge in [-0.15, -0.1) is 0 Å². The predicted octanol–water partition coefficient (Wildman–Crippen LogP) is -0.712. The van der Waals surface area contributed by atoms with Crippen LogP contribution in [0.15, 0.2) is 0 Å². The maximum absolute atomic E-state index is 8.28. The van der Waals surface area contributed by atoms with Crippen molar-refractivity contribution >= 4 is 26.1 Å². The Balaban J connectivity index is -0.00000000167. The van der Waals surface area contributed by atoms with E-state index in [0.717, 1.165) is 0 Å². The van der Waals surface area contributed by atoms with Gasteiger partial charge in [-0.25, -0.2) is 0 Å². The first-order chi connectivity index (χ1) is 1.00. The normalized spacial score (nSPS) is 0.600. The van der Waals surface area contributed by atoms with Crippen molar-refractivity contribution in [3.05, 3.63) is 0 Å². The molecule has 1 radical (unpaired) electrons. The molecule has 0 aromatic rings. The third-order valence-corrected chi connectivity index (χ3v) is 0. The van der Waals surface area contributed by atoms with Crippen LogP contribution in [0.4, 0.5) is 0 Å². The van der Waals surface area contributed by atoms with Gasteiger partial charge in [0.05, 0.1) is 0 Å². The van der Waals surface area contributed by atoms with E-state index in [1.165, 1.54) is 0 Å². The largest absolute Gasteiger partial charge is 0 e. The second-order valence-electron chi connectivity index (χ2n) is 0. The van der Waals surface area contributed by atoms with E-state index in [1.54, 1.807) is 0 Å². The van der Waals surface area contributed by atoms with Crippen LogP contribution in [-0.2, 0) is 25.5 Å². The van der Waals surface area contributed by atoms with Gasteiger partial charge in [0.15, 0.2) is 0 Å². The molecule has 0 fully saturated rings. The van der Waals surface area contributed by atoms with Crippen LogP contribution < -0.4 is 0 Å². The van der Waals surface area contributed by atoms with Crippen LogP contribution in [0.5, 0.6) is 0 Å². The first-order valence-corrected chi connectivity index (χ1v) is 0.866. The third kappa shape index (κ3) is 20.4. The predicted molar refractivity (Wildman–Crippen MR) is 18.9 cm³/mol. The van der Waals surface area contributed by atoms with Crippen LogP contribution in [0, 0.1) is 35.6 Å². The molecule has 0 saturated carbocycles. The van der Waals surface area contributed by atoms with Gasteiger partial charge in [-0.1, -0.05) is 0 Å². The fourth-order valence-electron chi connectivity index (χ4n) is 0. The molecular weight excluding hydrogens is 261 g/mol. The minimum atomic E-state index is 0. The van der Waals surface area contributed by atoms with E-state index in [0.29, 0.717) is 16.2 Å². The zero-order valence-electron chi connectivity index (χ0n) is 2.90. The minimum absolute atomic E-state index is 0. The van der Waals surface area contributed by atoms with Crippen molar-refractivity contribution in [2.45, 2.75) is 0 Å². The molecule has 0 aromatic carbocycles. The van der Waals surface area contributed by atoms with Gasteiger partial charge in [0.25, 0.3) is 0 Å². The zero-order chi connectivity index (χ0) is 2.00. The maximum atomic E-state index is 8.28. The van der Waals surface area contributed by atoms with Gasteiger partial charge in [-0.2, -0.15) is 9.90 Å². The molecule has 0 heterocycles. The van der Waals surface area contributed by atoms with Crippen molar-refractivity contribution in [1.82, 2.24) is 0 Å². The molecule has 0 aliphatic heterocycles.